The van der Waals surface area contributed by atoms with Gasteiger partial charge in [0.1, 0.15) is 6.04 Å². The largest absolute Gasteiger partial charge is 0.454 e. The molecule has 32 heavy (non-hydrogen) atoms. The van der Waals surface area contributed by atoms with Crippen LogP contribution < -0.4 is 5.32 Å². The summed E-state index contributed by atoms with van der Waals surface area (Å²) >= 11 is 13.5. The van der Waals surface area contributed by atoms with Gasteiger partial charge in [-0.05, 0) is 49.1 Å². The number of benzene rings is 2. The summed E-state index contributed by atoms with van der Waals surface area (Å²) in [5.74, 6) is -0.916. The number of nitrogens with one attached hydrogen (secondary N) is 1. The van der Waals surface area contributed by atoms with E-state index in [0.717, 1.165) is 5.56 Å². The van der Waals surface area contributed by atoms with Gasteiger partial charge in [0.2, 0.25) is 0 Å². The lowest BCUT2D eigenvalue weighted by Gasteiger charge is -2.25. The van der Waals surface area contributed by atoms with Gasteiger partial charge >= 0.3 is 5.97 Å². The van der Waals surface area contributed by atoms with Crippen LogP contribution in [0.25, 0.3) is 0 Å². The summed E-state index contributed by atoms with van der Waals surface area (Å²) in [6.07, 6.45) is 2.24. The first-order chi connectivity index (χ1) is 15.2. The third-order valence-electron chi connectivity index (χ3n) is 4.97. The quantitative estimate of drug-likeness (QED) is 0.486. The molecule has 6 nitrogen and oxygen atoms in total. The number of carbonyl (C=O) groups is 3. The molecule has 0 heterocycles. The van der Waals surface area contributed by atoms with Gasteiger partial charge in [-0.1, -0.05) is 53.5 Å². The van der Waals surface area contributed by atoms with Gasteiger partial charge in [0.25, 0.3) is 11.8 Å². The van der Waals surface area contributed by atoms with Crippen LogP contribution >= 0.6 is 35.0 Å². The second-order valence-electron chi connectivity index (χ2n) is 7.13. The lowest BCUT2D eigenvalue weighted by atomic mass is 10.1. The lowest BCUT2D eigenvalue weighted by Crippen LogP contribution is -2.43. The molecule has 2 aromatic carbocycles. The van der Waals surface area contributed by atoms with Crippen molar-refractivity contribution in [2.45, 2.75) is 25.4 Å². The summed E-state index contributed by atoms with van der Waals surface area (Å²) in [4.78, 5) is 39.3. The average Bonchev–Trinajstić information content (AvgIpc) is 2.79. The normalized spacial score (nSPS) is 12.5. The Labute approximate surface area is 202 Å². The molecule has 0 radical (unpaired) electrons. The topological polar surface area (TPSA) is 75.7 Å². The molecule has 0 aliphatic rings. The van der Waals surface area contributed by atoms with E-state index >= 15 is 0 Å². The van der Waals surface area contributed by atoms with Gasteiger partial charge < -0.3 is 15.0 Å². The Morgan fingerprint density at radius 3 is 2.44 bits per heavy atom. The Morgan fingerprint density at radius 1 is 1.12 bits per heavy atom. The molecular weight excluding hydrogens is 471 g/mol. The molecule has 0 saturated carbocycles. The van der Waals surface area contributed by atoms with Gasteiger partial charge in [0.15, 0.2) is 6.61 Å². The summed E-state index contributed by atoms with van der Waals surface area (Å²) in [7, 11) is 1.66. The van der Waals surface area contributed by atoms with Crippen molar-refractivity contribution in [1.82, 2.24) is 10.2 Å². The molecule has 0 aromatic heterocycles. The van der Waals surface area contributed by atoms with Crippen molar-refractivity contribution >= 4 is 52.7 Å². The van der Waals surface area contributed by atoms with Crippen molar-refractivity contribution in [3.63, 3.8) is 0 Å². The number of likely N-dealkylation sites (N-methyl/N-ethyl adjacent to an activating group) is 1. The van der Waals surface area contributed by atoms with E-state index in [1.54, 1.807) is 13.1 Å². The van der Waals surface area contributed by atoms with Crippen LogP contribution in [0, 0.1) is 0 Å². The zero-order valence-electron chi connectivity index (χ0n) is 18.1. The number of carbonyl (C=O) groups excluding carboxylic acids is 3. The fraction of sp³-hybridized carbons (Fsp3) is 0.348. The summed E-state index contributed by atoms with van der Waals surface area (Å²) in [6.45, 7) is 1.48. The first-order valence-corrected chi connectivity index (χ1v) is 12.1. The number of halogens is 2. The Morgan fingerprint density at radius 2 is 1.81 bits per heavy atom. The first-order valence-electron chi connectivity index (χ1n) is 9.96. The lowest BCUT2D eigenvalue weighted by molar-refractivity contribution is -0.153. The summed E-state index contributed by atoms with van der Waals surface area (Å²) in [5.41, 5.74) is 1.17. The Bertz CT molecular complexity index is 943. The molecule has 2 rings (SSSR count). The molecule has 0 aliphatic heterocycles. The number of esters is 1. The number of hydrogen-bond acceptors (Lipinski definition) is 5. The zero-order chi connectivity index (χ0) is 23.7. The second-order valence-corrected chi connectivity index (χ2v) is 8.96. The predicted molar refractivity (Wildman–Crippen MR) is 129 cm³/mol. The SMILES string of the molecule is CSCCC(NC(=O)c1ccc(Cl)cc1Cl)C(=O)OCC(=O)N(C)C(C)c1ccccc1. The molecule has 1 N–H and O–H groups in total. The Hall–Kier alpha value is -2.22. The highest BCUT2D eigenvalue weighted by atomic mass is 35.5. The van der Waals surface area contributed by atoms with Crippen LogP contribution in [0.5, 0.6) is 0 Å². The van der Waals surface area contributed by atoms with Crippen LogP contribution in [-0.2, 0) is 14.3 Å². The van der Waals surface area contributed by atoms with Crippen molar-refractivity contribution in [3.8, 4) is 0 Å². The maximum Gasteiger partial charge on any atom is 0.329 e. The second kappa shape index (κ2) is 12.7. The Kier molecular flexibility index (Phi) is 10.4. The van der Waals surface area contributed by atoms with Gasteiger partial charge in [-0.15, -0.1) is 0 Å². The molecule has 0 saturated heterocycles. The first kappa shape index (κ1) is 26.0. The minimum absolute atomic E-state index is 0.179. The fourth-order valence-electron chi connectivity index (χ4n) is 2.90. The van der Waals surface area contributed by atoms with Crippen molar-refractivity contribution in [3.05, 3.63) is 69.7 Å². The van der Waals surface area contributed by atoms with Crippen molar-refractivity contribution < 1.29 is 19.1 Å². The van der Waals surface area contributed by atoms with Crippen molar-refractivity contribution in [1.29, 1.82) is 0 Å². The highest BCUT2D eigenvalue weighted by molar-refractivity contribution is 7.98. The number of ether oxygens (including phenoxy) is 1. The zero-order valence-corrected chi connectivity index (χ0v) is 20.5. The summed E-state index contributed by atoms with van der Waals surface area (Å²) in [5, 5.41) is 3.23. The average molecular weight is 497 g/mol. The van der Waals surface area contributed by atoms with Gasteiger partial charge in [-0.3, -0.25) is 9.59 Å². The third-order valence-corrected chi connectivity index (χ3v) is 6.16. The van der Waals surface area contributed by atoms with E-state index in [4.69, 9.17) is 27.9 Å². The highest BCUT2D eigenvalue weighted by Gasteiger charge is 2.25. The predicted octanol–water partition coefficient (Wildman–Crippen LogP) is 4.61. The van der Waals surface area contributed by atoms with Gasteiger partial charge in [0.05, 0.1) is 16.6 Å². The van der Waals surface area contributed by atoms with Crippen LogP contribution in [0.2, 0.25) is 10.0 Å². The number of hydrogen-bond donors (Lipinski definition) is 1. The van der Waals surface area contributed by atoms with Crippen LogP contribution in [0.3, 0.4) is 0 Å². The molecule has 2 aromatic rings. The smallest absolute Gasteiger partial charge is 0.329 e. The molecule has 9 heteroatoms. The van der Waals surface area contributed by atoms with E-state index < -0.39 is 24.5 Å². The molecule has 0 fully saturated rings. The number of nitrogens with zero attached hydrogens (tertiary/aromatic N) is 1. The third kappa shape index (κ3) is 7.43. The fourth-order valence-corrected chi connectivity index (χ4v) is 3.87. The molecular formula is C23H26Cl2N2O4S. The summed E-state index contributed by atoms with van der Waals surface area (Å²) in [6, 6.07) is 12.9. The van der Waals surface area contributed by atoms with Crippen molar-refractivity contribution in [2.24, 2.45) is 0 Å². The van der Waals surface area contributed by atoms with Gasteiger partial charge in [-0.25, -0.2) is 4.79 Å². The van der Waals surface area contributed by atoms with Gasteiger partial charge in [0, 0.05) is 12.1 Å². The number of rotatable bonds is 10. The van der Waals surface area contributed by atoms with Crippen LogP contribution in [-0.4, -0.2) is 54.4 Å². The van der Waals surface area contributed by atoms with E-state index in [0.29, 0.717) is 17.2 Å². The van der Waals surface area contributed by atoms with Crippen LogP contribution in [0.4, 0.5) is 0 Å². The standard InChI is InChI=1S/C23H26Cl2N2O4S/c1-15(16-7-5-4-6-8-16)27(2)21(28)14-31-23(30)20(11-12-32-3)26-22(29)18-10-9-17(24)13-19(18)25/h4-10,13,15,20H,11-12,14H2,1-3H3,(H,26,29). The van der Waals surface area contributed by atoms with E-state index in [1.165, 1.54) is 28.8 Å². The molecule has 2 amide bonds. The minimum atomic E-state index is -0.911. The molecule has 0 aliphatic carbocycles. The maximum absolute atomic E-state index is 12.7. The van der Waals surface area contributed by atoms with E-state index in [1.807, 2.05) is 43.5 Å². The molecule has 2 atom stereocenters. The minimum Gasteiger partial charge on any atom is -0.454 e. The van der Waals surface area contributed by atoms with E-state index in [2.05, 4.69) is 5.32 Å². The molecule has 0 bridgehead atoms. The molecule has 172 valence electrons. The van der Waals surface area contributed by atoms with Crippen LogP contribution in [0.1, 0.15) is 35.3 Å². The number of thioether (sulfide) groups is 1. The van der Waals surface area contributed by atoms with E-state index in [-0.39, 0.29) is 22.5 Å². The Balaban J connectivity index is 1.99. The maximum atomic E-state index is 12.7. The highest BCUT2D eigenvalue weighted by Crippen LogP contribution is 2.21. The van der Waals surface area contributed by atoms with E-state index in [9.17, 15) is 14.4 Å². The van der Waals surface area contributed by atoms with Crippen molar-refractivity contribution in [2.75, 3.05) is 25.7 Å². The van der Waals surface area contributed by atoms with Gasteiger partial charge in [-0.2, -0.15) is 11.8 Å². The van der Waals surface area contributed by atoms with Crippen LogP contribution in [0.15, 0.2) is 48.5 Å². The monoisotopic (exact) mass is 496 g/mol. The number of amides is 2. The molecule has 0 spiro atoms. The molecule has 2 unspecified atom stereocenters. The summed E-state index contributed by atoms with van der Waals surface area (Å²) < 4.78 is 5.25.